The third-order valence-electron chi connectivity index (χ3n) is 3.59. The van der Waals surface area contributed by atoms with E-state index in [4.69, 9.17) is 4.74 Å². The van der Waals surface area contributed by atoms with Crippen molar-refractivity contribution in [3.8, 4) is 0 Å². The van der Waals surface area contributed by atoms with Crippen LogP contribution in [-0.2, 0) is 11.3 Å². The molecule has 0 unspecified atom stereocenters. The topological polar surface area (TPSA) is 45.7 Å². The minimum atomic E-state index is 0. The van der Waals surface area contributed by atoms with Crippen LogP contribution in [-0.4, -0.2) is 31.8 Å². The zero-order valence-electron chi connectivity index (χ0n) is 13.3. The number of nitrogens with zero attached hydrogens (tertiary/aromatic N) is 1. The number of aliphatic imine (C=N–C) groups is 1. The summed E-state index contributed by atoms with van der Waals surface area (Å²) in [4.78, 5) is 5.88. The molecule has 2 N–H and O–H groups in total. The predicted molar refractivity (Wildman–Crippen MR) is 105 cm³/mol. The Morgan fingerprint density at radius 2 is 2.18 bits per heavy atom. The van der Waals surface area contributed by atoms with Crippen molar-refractivity contribution in [2.45, 2.75) is 51.7 Å². The molecule has 0 saturated heterocycles. The molecular formula is C16H28IN3OS. The van der Waals surface area contributed by atoms with Crippen LogP contribution in [0.15, 0.2) is 22.5 Å². The molecule has 1 aliphatic rings. The van der Waals surface area contributed by atoms with Gasteiger partial charge in [-0.25, -0.2) is 4.99 Å². The fraction of sp³-hybridized carbons (Fsp3) is 0.688. The molecule has 1 aromatic rings. The van der Waals surface area contributed by atoms with Gasteiger partial charge in [-0.1, -0.05) is 18.9 Å². The third-order valence-corrected chi connectivity index (χ3v) is 4.45. The molecule has 6 heteroatoms. The van der Waals surface area contributed by atoms with Gasteiger partial charge in [-0.2, -0.15) is 0 Å². The van der Waals surface area contributed by atoms with Gasteiger partial charge in [-0.15, -0.1) is 35.3 Å². The van der Waals surface area contributed by atoms with Gasteiger partial charge in [0, 0.05) is 24.6 Å². The quantitative estimate of drug-likeness (QED) is 0.282. The van der Waals surface area contributed by atoms with Crippen molar-refractivity contribution >= 4 is 41.3 Å². The zero-order valence-corrected chi connectivity index (χ0v) is 16.5. The molecule has 0 aromatic carbocycles. The number of thiophene rings is 1. The van der Waals surface area contributed by atoms with Crippen LogP contribution in [0, 0.1) is 0 Å². The van der Waals surface area contributed by atoms with Crippen LogP contribution in [0.1, 0.15) is 43.9 Å². The van der Waals surface area contributed by atoms with Crippen molar-refractivity contribution in [2.24, 2.45) is 4.99 Å². The Hall–Kier alpha value is -0.340. The average molecular weight is 437 g/mol. The fourth-order valence-corrected chi connectivity index (χ4v) is 3.11. The smallest absolute Gasteiger partial charge is 0.191 e. The van der Waals surface area contributed by atoms with Gasteiger partial charge in [-0.3, -0.25) is 0 Å². The van der Waals surface area contributed by atoms with Crippen LogP contribution in [0.2, 0.25) is 0 Å². The summed E-state index contributed by atoms with van der Waals surface area (Å²) in [6, 6.07) is 4.18. The first-order chi connectivity index (χ1) is 10.4. The van der Waals surface area contributed by atoms with Crippen LogP contribution in [0.3, 0.4) is 0 Å². The summed E-state index contributed by atoms with van der Waals surface area (Å²) in [6.07, 6.45) is 6.72. The molecule has 1 aliphatic carbocycles. The largest absolute Gasteiger partial charge is 0.378 e. The SMILES string of the molecule is CCNC(=NCc1cccs1)NCCCOC1CCCC1.I. The molecule has 4 nitrogen and oxygen atoms in total. The molecule has 0 aliphatic heterocycles. The van der Waals surface area contributed by atoms with Crippen molar-refractivity contribution in [2.75, 3.05) is 19.7 Å². The van der Waals surface area contributed by atoms with Crippen molar-refractivity contribution in [1.29, 1.82) is 0 Å². The Kier molecular flexibility index (Phi) is 10.9. The highest BCUT2D eigenvalue weighted by atomic mass is 127. The highest BCUT2D eigenvalue weighted by Crippen LogP contribution is 2.20. The van der Waals surface area contributed by atoms with Crippen LogP contribution >= 0.6 is 35.3 Å². The van der Waals surface area contributed by atoms with Crippen molar-refractivity contribution < 1.29 is 4.74 Å². The maximum absolute atomic E-state index is 5.86. The molecule has 126 valence electrons. The maximum Gasteiger partial charge on any atom is 0.191 e. The van der Waals surface area contributed by atoms with Crippen LogP contribution in [0.5, 0.6) is 0 Å². The minimum absolute atomic E-state index is 0. The summed E-state index contributed by atoms with van der Waals surface area (Å²) in [5, 5.41) is 8.74. The third kappa shape index (κ3) is 7.78. The minimum Gasteiger partial charge on any atom is -0.378 e. The van der Waals surface area contributed by atoms with Gasteiger partial charge in [0.15, 0.2) is 5.96 Å². The summed E-state index contributed by atoms with van der Waals surface area (Å²) in [7, 11) is 0. The Morgan fingerprint density at radius 1 is 1.36 bits per heavy atom. The Labute approximate surface area is 155 Å². The van der Waals surface area contributed by atoms with Crippen molar-refractivity contribution in [3.05, 3.63) is 22.4 Å². The van der Waals surface area contributed by atoms with E-state index in [-0.39, 0.29) is 24.0 Å². The zero-order chi connectivity index (χ0) is 14.8. The van der Waals surface area contributed by atoms with Gasteiger partial charge in [-0.05, 0) is 37.6 Å². The fourth-order valence-electron chi connectivity index (χ4n) is 2.49. The summed E-state index contributed by atoms with van der Waals surface area (Å²) in [5.74, 6) is 0.895. The molecule has 0 radical (unpaired) electrons. The summed E-state index contributed by atoms with van der Waals surface area (Å²) in [6.45, 7) is 5.47. The second-order valence-corrected chi connectivity index (χ2v) is 6.36. The molecule has 1 fully saturated rings. The van der Waals surface area contributed by atoms with Gasteiger partial charge in [0.2, 0.25) is 0 Å². The monoisotopic (exact) mass is 437 g/mol. The van der Waals surface area contributed by atoms with E-state index in [9.17, 15) is 0 Å². The first-order valence-electron chi connectivity index (χ1n) is 8.04. The van der Waals surface area contributed by atoms with E-state index in [0.717, 1.165) is 38.6 Å². The van der Waals surface area contributed by atoms with E-state index in [1.54, 1.807) is 11.3 Å². The number of rotatable bonds is 8. The molecule has 0 amide bonds. The van der Waals surface area contributed by atoms with E-state index in [2.05, 4.69) is 40.1 Å². The highest BCUT2D eigenvalue weighted by molar-refractivity contribution is 14.0. The summed E-state index contributed by atoms with van der Waals surface area (Å²) >= 11 is 1.75. The number of guanidine groups is 1. The molecule has 22 heavy (non-hydrogen) atoms. The van der Waals surface area contributed by atoms with E-state index in [1.165, 1.54) is 30.6 Å². The number of hydrogen-bond acceptors (Lipinski definition) is 3. The Morgan fingerprint density at radius 3 is 2.86 bits per heavy atom. The van der Waals surface area contributed by atoms with E-state index in [0.29, 0.717) is 6.10 Å². The lowest BCUT2D eigenvalue weighted by Crippen LogP contribution is -2.38. The van der Waals surface area contributed by atoms with E-state index >= 15 is 0 Å². The molecule has 1 saturated carbocycles. The maximum atomic E-state index is 5.86. The second-order valence-electron chi connectivity index (χ2n) is 5.33. The summed E-state index contributed by atoms with van der Waals surface area (Å²) in [5.41, 5.74) is 0. The number of ether oxygens (including phenoxy) is 1. The lowest BCUT2D eigenvalue weighted by atomic mass is 10.3. The molecule has 2 rings (SSSR count). The lowest BCUT2D eigenvalue weighted by molar-refractivity contribution is 0.0574. The lowest BCUT2D eigenvalue weighted by Gasteiger charge is -2.13. The van der Waals surface area contributed by atoms with Crippen molar-refractivity contribution in [1.82, 2.24) is 10.6 Å². The van der Waals surface area contributed by atoms with Gasteiger partial charge in [0.1, 0.15) is 0 Å². The number of hydrogen-bond donors (Lipinski definition) is 2. The standard InChI is InChI=1S/C16H27N3OS.HI/c1-2-17-16(19-13-15-9-5-12-21-15)18-10-6-11-20-14-7-3-4-8-14;/h5,9,12,14H,2-4,6-8,10-11,13H2,1H3,(H2,17,18,19);1H. The van der Waals surface area contributed by atoms with Gasteiger partial charge in [0.25, 0.3) is 0 Å². The predicted octanol–water partition coefficient (Wildman–Crippen LogP) is 3.77. The number of nitrogens with one attached hydrogen (secondary N) is 2. The first kappa shape index (κ1) is 19.7. The van der Waals surface area contributed by atoms with Gasteiger partial charge < -0.3 is 15.4 Å². The van der Waals surface area contributed by atoms with Gasteiger partial charge in [0.05, 0.1) is 12.6 Å². The Bertz CT molecular complexity index is 406. The first-order valence-corrected chi connectivity index (χ1v) is 8.92. The number of halogens is 1. The van der Waals surface area contributed by atoms with E-state index in [1.807, 2.05) is 0 Å². The Balaban J connectivity index is 0.00000242. The van der Waals surface area contributed by atoms with Gasteiger partial charge >= 0.3 is 0 Å². The molecule has 0 atom stereocenters. The highest BCUT2D eigenvalue weighted by Gasteiger charge is 2.14. The van der Waals surface area contributed by atoms with Crippen molar-refractivity contribution in [3.63, 3.8) is 0 Å². The molecule has 1 aromatic heterocycles. The average Bonchev–Trinajstić information content (AvgIpc) is 3.17. The molecule has 0 bridgehead atoms. The van der Waals surface area contributed by atoms with Crippen LogP contribution < -0.4 is 10.6 Å². The summed E-state index contributed by atoms with van der Waals surface area (Å²) < 4.78 is 5.86. The second kappa shape index (κ2) is 12.1. The van der Waals surface area contributed by atoms with E-state index < -0.39 is 0 Å². The normalized spacial score (nSPS) is 15.6. The molecule has 0 spiro atoms. The molecular weight excluding hydrogens is 409 g/mol. The molecule has 1 heterocycles. The van der Waals surface area contributed by atoms with Crippen LogP contribution in [0.25, 0.3) is 0 Å². The van der Waals surface area contributed by atoms with Crippen LogP contribution in [0.4, 0.5) is 0 Å².